The first-order valence-electron chi connectivity index (χ1n) is 4.61. The summed E-state index contributed by atoms with van der Waals surface area (Å²) < 4.78 is 11.3. The predicted octanol–water partition coefficient (Wildman–Crippen LogP) is 1.94. The van der Waals surface area contributed by atoms with Gasteiger partial charge in [0, 0.05) is 12.3 Å². The van der Waals surface area contributed by atoms with Gasteiger partial charge in [-0.2, -0.15) is 0 Å². The van der Waals surface area contributed by atoms with E-state index < -0.39 is 0 Å². The molecule has 0 aromatic carbocycles. The van der Waals surface area contributed by atoms with Gasteiger partial charge in [0.15, 0.2) is 5.79 Å². The summed E-state index contributed by atoms with van der Waals surface area (Å²) in [4.78, 5) is 0. The van der Waals surface area contributed by atoms with Crippen molar-refractivity contribution in [2.45, 2.75) is 38.4 Å². The topological polar surface area (TPSA) is 18.5 Å². The van der Waals surface area contributed by atoms with Crippen molar-refractivity contribution in [3.8, 4) is 0 Å². The third-order valence-corrected chi connectivity index (χ3v) is 2.94. The Balaban J connectivity index is 2.07. The molecule has 0 radical (unpaired) electrons. The van der Waals surface area contributed by atoms with Crippen molar-refractivity contribution < 1.29 is 9.47 Å². The standard InChI is InChI=1S/C9H16O2/c1-8-4-2-3-5-9(8)10-6-7-11-9/h8H,2-7H2,1H3/t8-/m1/s1. The van der Waals surface area contributed by atoms with Crippen LogP contribution in [0.3, 0.4) is 0 Å². The Morgan fingerprint density at radius 2 is 1.91 bits per heavy atom. The Labute approximate surface area is 67.9 Å². The van der Waals surface area contributed by atoms with Gasteiger partial charge in [-0.1, -0.05) is 13.3 Å². The summed E-state index contributed by atoms with van der Waals surface area (Å²) in [6, 6.07) is 0. The van der Waals surface area contributed by atoms with E-state index in [4.69, 9.17) is 9.47 Å². The number of ether oxygens (including phenoxy) is 2. The van der Waals surface area contributed by atoms with E-state index in [0.717, 1.165) is 19.6 Å². The summed E-state index contributed by atoms with van der Waals surface area (Å²) in [6.45, 7) is 3.83. The quantitative estimate of drug-likeness (QED) is 0.533. The highest BCUT2D eigenvalue weighted by Crippen LogP contribution is 2.39. The van der Waals surface area contributed by atoms with Crippen LogP contribution in [0, 0.1) is 5.92 Å². The minimum atomic E-state index is -0.168. The van der Waals surface area contributed by atoms with E-state index in [1.54, 1.807) is 0 Å². The van der Waals surface area contributed by atoms with Crippen molar-refractivity contribution in [2.24, 2.45) is 5.92 Å². The molecule has 2 fully saturated rings. The molecule has 2 rings (SSSR count). The average molecular weight is 156 g/mol. The minimum Gasteiger partial charge on any atom is -0.347 e. The van der Waals surface area contributed by atoms with Gasteiger partial charge in [-0.15, -0.1) is 0 Å². The van der Waals surface area contributed by atoms with Crippen LogP contribution in [0.5, 0.6) is 0 Å². The fraction of sp³-hybridized carbons (Fsp3) is 1.00. The molecule has 2 aliphatic rings. The molecule has 0 N–H and O–H groups in total. The molecule has 0 aromatic heterocycles. The van der Waals surface area contributed by atoms with Gasteiger partial charge in [0.1, 0.15) is 0 Å². The van der Waals surface area contributed by atoms with Crippen LogP contribution in [0.25, 0.3) is 0 Å². The van der Waals surface area contributed by atoms with Gasteiger partial charge in [-0.05, 0) is 12.8 Å². The van der Waals surface area contributed by atoms with Crippen molar-refractivity contribution >= 4 is 0 Å². The zero-order chi connectivity index (χ0) is 7.73. The van der Waals surface area contributed by atoms with Gasteiger partial charge < -0.3 is 9.47 Å². The molecule has 1 aliphatic heterocycles. The van der Waals surface area contributed by atoms with E-state index in [1.807, 2.05) is 0 Å². The fourth-order valence-electron chi connectivity index (χ4n) is 2.19. The lowest BCUT2D eigenvalue weighted by Crippen LogP contribution is -2.40. The second kappa shape index (κ2) is 2.76. The molecule has 0 unspecified atom stereocenters. The third-order valence-electron chi connectivity index (χ3n) is 2.94. The van der Waals surface area contributed by atoms with Crippen LogP contribution < -0.4 is 0 Å². The number of hydrogen-bond donors (Lipinski definition) is 0. The van der Waals surface area contributed by atoms with Gasteiger partial charge in [-0.25, -0.2) is 0 Å². The Morgan fingerprint density at radius 3 is 2.55 bits per heavy atom. The van der Waals surface area contributed by atoms with Gasteiger partial charge in [0.25, 0.3) is 0 Å². The summed E-state index contributed by atoms with van der Waals surface area (Å²) in [6.07, 6.45) is 4.98. The first kappa shape index (κ1) is 7.56. The lowest BCUT2D eigenvalue weighted by atomic mass is 9.85. The fourth-order valence-corrected chi connectivity index (χ4v) is 2.19. The summed E-state index contributed by atoms with van der Waals surface area (Å²) >= 11 is 0. The molecule has 1 aliphatic carbocycles. The monoisotopic (exact) mass is 156 g/mol. The van der Waals surface area contributed by atoms with Crippen molar-refractivity contribution in [3.05, 3.63) is 0 Å². The molecule has 2 heteroatoms. The maximum Gasteiger partial charge on any atom is 0.171 e. The Bertz CT molecular complexity index is 138. The van der Waals surface area contributed by atoms with Crippen molar-refractivity contribution in [2.75, 3.05) is 13.2 Å². The zero-order valence-electron chi connectivity index (χ0n) is 7.14. The molecule has 1 spiro atoms. The lowest BCUT2D eigenvalue weighted by Gasteiger charge is -2.37. The zero-order valence-corrected chi connectivity index (χ0v) is 7.14. The molecular formula is C9H16O2. The van der Waals surface area contributed by atoms with Crippen molar-refractivity contribution in [1.29, 1.82) is 0 Å². The summed E-state index contributed by atoms with van der Waals surface area (Å²) in [7, 11) is 0. The van der Waals surface area contributed by atoms with Gasteiger partial charge in [-0.3, -0.25) is 0 Å². The van der Waals surface area contributed by atoms with E-state index in [1.165, 1.54) is 19.3 Å². The number of rotatable bonds is 0. The molecule has 2 nitrogen and oxygen atoms in total. The van der Waals surface area contributed by atoms with Crippen LogP contribution in [-0.2, 0) is 9.47 Å². The number of hydrogen-bond acceptors (Lipinski definition) is 2. The van der Waals surface area contributed by atoms with E-state index in [-0.39, 0.29) is 5.79 Å². The highest BCUT2D eigenvalue weighted by molar-refractivity contribution is 4.83. The smallest absolute Gasteiger partial charge is 0.171 e. The average Bonchev–Trinajstić information content (AvgIpc) is 2.46. The van der Waals surface area contributed by atoms with Gasteiger partial charge in [0.05, 0.1) is 13.2 Å². The van der Waals surface area contributed by atoms with Gasteiger partial charge in [0.2, 0.25) is 0 Å². The Morgan fingerprint density at radius 1 is 1.18 bits per heavy atom. The summed E-state index contributed by atoms with van der Waals surface area (Å²) in [5.74, 6) is 0.428. The lowest BCUT2D eigenvalue weighted by molar-refractivity contribution is -0.207. The SMILES string of the molecule is C[C@@H]1CCCCC12OCCO2. The maximum atomic E-state index is 5.67. The molecule has 0 bridgehead atoms. The second-order valence-electron chi connectivity index (χ2n) is 3.66. The van der Waals surface area contributed by atoms with Crippen LogP contribution >= 0.6 is 0 Å². The molecule has 0 amide bonds. The van der Waals surface area contributed by atoms with E-state index in [0.29, 0.717) is 5.92 Å². The highest BCUT2D eigenvalue weighted by Gasteiger charge is 2.43. The van der Waals surface area contributed by atoms with Crippen LogP contribution in [-0.4, -0.2) is 19.0 Å². The van der Waals surface area contributed by atoms with Crippen LogP contribution in [0.15, 0.2) is 0 Å². The van der Waals surface area contributed by atoms with Crippen molar-refractivity contribution in [1.82, 2.24) is 0 Å². The Kier molecular flexibility index (Phi) is 1.90. The van der Waals surface area contributed by atoms with Crippen molar-refractivity contribution in [3.63, 3.8) is 0 Å². The summed E-state index contributed by atoms with van der Waals surface area (Å²) in [5, 5.41) is 0. The first-order chi connectivity index (χ1) is 5.33. The molecule has 1 heterocycles. The molecule has 1 saturated heterocycles. The van der Waals surface area contributed by atoms with E-state index >= 15 is 0 Å². The minimum absolute atomic E-state index is 0.168. The molecule has 64 valence electrons. The van der Waals surface area contributed by atoms with Gasteiger partial charge >= 0.3 is 0 Å². The van der Waals surface area contributed by atoms with E-state index in [2.05, 4.69) is 6.92 Å². The van der Waals surface area contributed by atoms with Crippen LogP contribution in [0.2, 0.25) is 0 Å². The first-order valence-corrected chi connectivity index (χ1v) is 4.61. The Hall–Kier alpha value is -0.0800. The van der Waals surface area contributed by atoms with Crippen LogP contribution in [0.4, 0.5) is 0 Å². The third kappa shape index (κ3) is 1.18. The molecule has 1 atom stereocenters. The molecular weight excluding hydrogens is 140 g/mol. The molecule has 1 saturated carbocycles. The largest absolute Gasteiger partial charge is 0.347 e. The summed E-state index contributed by atoms with van der Waals surface area (Å²) in [5.41, 5.74) is 0. The predicted molar refractivity (Wildman–Crippen MR) is 42.3 cm³/mol. The normalized spacial score (nSPS) is 36.3. The maximum absolute atomic E-state index is 5.67. The van der Waals surface area contributed by atoms with E-state index in [9.17, 15) is 0 Å². The molecule has 11 heavy (non-hydrogen) atoms. The highest BCUT2D eigenvalue weighted by atomic mass is 16.7. The van der Waals surface area contributed by atoms with Crippen LogP contribution in [0.1, 0.15) is 32.6 Å². The molecule has 0 aromatic rings. The second-order valence-corrected chi connectivity index (χ2v) is 3.66.